The third-order valence-electron chi connectivity index (χ3n) is 6.35. The molecule has 1 fully saturated rings. The van der Waals surface area contributed by atoms with Crippen LogP contribution in [0.2, 0.25) is 0 Å². The first-order valence-electron chi connectivity index (χ1n) is 14.2. The van der Waals surface area contributed by atoms with Gasteiger partial charge in [0, 0.05) is 55.3 Å². The van der Waals surface area contributed by atoms with Gasteiger partial charge in [0.1, 0.15) is 5.75 Å². The Labute approximate surface area is 242 Å². The van der Waals surface area contributed by atoms with Gasteiger partial charge in [-0.15, -0.1) is 0 Å². The standard InChI is InChI=1S/C30H34N8O3/c1-5-28(39)32-23-17-24(26(40-4)18-25(23)37-13-15-41-16-14-37)33-30-31-12-11-27(34-30)38-20-22(19-36(2)3)29(35-38)21-9-7-6-8-10-21/h5-12,17-18,20H,1,13-16,19H2,2-4H3,(H,32,39)(H,31,33,34)/i17D,18D. The first-order valence-corrected chi connectivity index (χ1v) is 13.2. The first-order chi connectivity index (χ1) is 20.8. The second-order valence-electron chi connectivity index (χ2n) is 9.59. The van der Waals surface area contributed by atoms with Gasteiger partial charge >= 0.3 is 0 Å². The van der Waals surface area contributed by atoms with Gasteiger partial charge < -0.3 is 29.9 Å². The monoisotopic (exact) mass is 556 g/mol. The summed E-state index contributed by atoms with van der Waals surface area (Å²) in [6.07, 6.45) is 4.64. The highest BCUT2D eigenvalue weighted by Crippen LogP contribution is 2.38. The summed E-state index contributed by atoms with van der Waals surface area (Å²) in [7, 11) is 5.43. The highest BCUT2D eigenvalue weighted by atomic mass is 16.5. The molecule has 11 heteroatoms. The van der Waals surface area contributed by atoms with E-state index in [1.54, 1.807) is 16.9 Å². The van der Waals surface area contributed by atoms with Crippen molar-refractivity contribution in [2.45, 2.75) is 6.54 Å². The third-order valence-corrected chi connectivity index (χ3v) is 6.35. The molecule has 0 bridgehead atoms. The number of hydrogen-bond donors (Lipinski definition) is 2. The lowest BCUT2D eigenvalue weighted by molar-refractivity contribution is -0.111. The number of aromatic nitrogens is 4. The largest absolute Gasteiger partial charge is 0.494 e. The lowest BCUT2D eigenvalue weighted by Gasteiger charge is -2.31. The van der Waals surface area contributed by atoms with Crippen molar-refractivity contribution < 1.29 is 17.0 Å². The minimum Gasteiger partial charge on any atom is -0.494 e. The summed E-state index contributed by atoms with van der Waals surface area (Å²) in [6.45, 7) is 6.12. The SMILES string of the molecule is [2H]c1c(Nc2nccc(-n3cc(CN(C)C)c(-c4ccccc4)n3)n2)c(OC)c([2H])c(N2CCOCC2)c1NC(=O)C=C. The number of rotatable bonds is 10. The fraction of sp³-hybridized carbons (Fsp3) is 0.267. The Morgan fingerprint density at radius 1 is 1.20 bits per heavy atom. The Morgan fingerprint density at radius 3 is 2.68 bits per heavy atom. The maximum Gasteiger partial charge on any atom is 0.247 e. The number of anilines is 4. The van der Waals surface area contributed by atoms with Crippen molar-refractivity contribution in [3.63, 3.8) is 0 Å². The molecule has 1 aliphatic heterocycles. The predicted molar refractivity (Wildman–Crippen MR) is 160 cm³/mol. The molecule has 2 N–H and O–H groups in total. The van der Waals surface area contributed by atoms with Gasteiger partial charge in [0.2, 0.25) is 11.9 Å². The van der Waals surface area contributed by atoms with Crippen LogP contribution in [0.4, 0.5) is 23.0 Å². The van der Waals surface area contributed by atoms with E-state index in [9.17, 15) is 4.79 Å². The number of carbonyl (C=O) groups is 1. The van der Waals surface area contributed by atoms with E-state index < -0.39 is 5.91 Å². The summed E-state index contributed by atoms with van der Waals surface area (Å²) in [5.41, 5.74) is 3.53. The molecular formula is C30H34N8O3. The highest BCUT2D eigenvalue weighted by Gasteiger charge is 2.20. The van der Waals surface area contributed by atoms with Crippen LogP contribution in [-0.2, 0) is 16.1 Å². The Bertz CT molecular complexity index is 1620. The maximum atomic E-state index is 12.4. The molecule has 5 rings (SSSR count). The molecule has 1 aliphatic rings. The number of carbonyl (C=O) groups excluding carboxylic acids is 1. The van der Waals surface area contributed by atoms with Gasteiger partial charge in [0.25, 0.3) is 0 Å². The van der Waals surface area contributed by atoms with Crippen LogP contribution in [0, 0.1) is 0 Å². The zero-order valence-corrected chi connectivity index (χ0v) is 23.3. The van der Waals surface area contributed by atoms with Gasteiger partial charge in [-0.05, 0) is 26.2 Å². The Balaban J connectivity index is 1.56. The lowest BCUT2D eigenvalue weighted by Crippen LogP contribution is -2.36. The van der Waals surface area contributed by atoms with E-state index in [2.05, 4.69) is 32.1 Å². The van der Waals surface area contributed by atoms with E-state index in [4.69, 9.17) is 17.3 Å². The quantitative estimate of drug-likeness (QED) is 0.279. The van der Waals surface area contributed by atoms with Gasteiger partial charge in [-0.1, -0.05) is 36.9 Å². The van der Waals surface area contributed by atoms with Gasteiger partial charge in [0.05, 0.1) is 45.8 Å². The molecule has 2 aromatic carbocycles. The topological polar surface area (TPSA) is 110 Å². The molecule has 41 heavy (non-hydrogen) atoms. The van der Waals surface area contributed by atoms with E-state index >= 15 is 0 Å². The normalized spacial score (nSPS) is 13.9. The van der Waals surface area contributed by atoms with Gasteiger partial charge in [-0.25, -0.2) is 9.67 Å². The van der Waals surface area contributed by atoms with Crippen molar-refractivity contribution >= 4 is 28.9 Å². The van der Waals surface area contributed by atoms with Crippen molar-refractivity contribution in [2.75, 3.05) is 63.0 Å². The Morgan fingerprint density at radius 2 is 1.98 bits per heavy atom. The van der Waals surface area contributed by atoms with Crippen molar-refractivity contribution in [3.05, 3.63) is 79.1 Å². The van der Waals surface area contributed by atoms with E-state index in [0.29, 0.717) is 44.4 Å². The minimum atomic E-state index is -0.502. The van der Waals surface area contributed by atoms with Crippen molar-refractivity contribution in [1.29, 1.82) is 0 Å². The van der Waals surface area contributed by atoms with Crippen LogP contribution in [0.5, 0.6) is 5.75 Å². The molecule has 0 unspecified atom stereocenters. The summed E-state index contributed by atoms with van der Waals surface area (Å²) < 4.78 is 30.9. The second kappa shape index (κ2) is 12.6. The molecule has 0 aliphatic carbocycles. The summed E-state index contributed by atoms with van der Waals surface area (Å²) in [6, 6.07) is 11.6. The molecule has 1 saturated heterocycles. The predicted octanol–water partition coefficient (Wildman–Crippen LogP) is 4.10. The van der Waals surface area contributed by atoms with Crippen LogP contribution < -0.4 is 20.3 Å². The van der Waals surface area contributed by atoms with Crippen molar-refractivity contribution in [1.82, 2.24) is 24.6 Å². The van der Waals surface area contributed by atoms with Crippen molar-refractivity contribution in [2.24, 2.45) is 0 Å². The number of nitrogens with one attached hydrogen (secondary N) is 2. The number of ether oxygens (including phenoxy) is 2. The molecule has 0 radical (unpaired) electrons. The average Bonchev–Trinajstić information content (AvgIpc) is 3.44. The van der Waals surface area contributed by atoms with Crippen LogP contribution in [-0.4, -0.2) is 78.1 Å². The fourth-order valence-corrected chi connectivity index (χ4v) is 4.47. The average molecular weight is 557 g/mol. The summed E-state index contributed by atoms with van der Waals surface area (Å²) in [4.78, 5) is 25.4. The zero-order valence-electron chi connectivity index (χ0n) is 25.3. The summed E-state index contributed by atoms with van der Waals surface area (Å²) >= 11 is 0. The number of hydrogen-bond acceptors (Lipinski definition) is 9. The van der Waals surface area contributed by atoms with E-state index in [1.165, 1.54) is 7.11 Å². The summed E-state index contributed by atoms with van der Waals surface area (Å²) in [5.74, 6) is 0.283. The number of morpholine rings is 1. The number of methoxy groups -OCH3 is 1. The van der Waals surface area contributed by atoms with Gasteiger partial charge in [-0.2, -0.15) is 10.1 Å². The molecule has 4 aromatic rings. The molecule has 2 aromatic heterocycles. The molecule has 212 valence electrons. The molecule has 0 atom stereocenters. The Kier molecular flexibility index (Phi) is 7.77. The molecule has 3 heterocycles. The highest BCUT2D eigenvalue weighted by molar-refractivity contribution is 6.02. The van der Waals surface area contributed by atoms with Gasteiger partial charge in [-0.3, -0.25) is 4.79 Å². The minimum absolute atomic E-state index is 0.00585. The van der Waals surface area contributed by atoms with E-state index in [0.717, 1.165) is 22.9 Å². The number of nitrogens with zero attached hydrogens (tertiary/aromatic N) is 6. The maximum absolute atomic E-state index is 12.4. The molecule has 1 amide bonds. The van der Waals surface area contributed by atoms with Gasteiger partial charge in [0.15, 0.2) is 5.82 Å². The molecule has 0 spiro atoms. The number of amides is 1. The third kappa shape index (κ3) is 6.53. The fourth-order valence-electron chi connectivity index (χ4n) is 4.47. The van der Waals surface area contributed by atoms with E-state index in [1.807, 2.05) is 55.5 Å². The van der Waals surface area contributed by atoms with Crippen LogP contribution in [0.25, 0.3) is 17.1 Å². The lowest BCUT2D eigenvalue weighted by atomic mass is 10.1. The van der Waals surface area contributed by atoms with Crippen LogP contribution in [0.1, 0.15) is 8.30 Å². The first kappa shape index (κ1) is 25.2. The molecular weight excluding hydrogens is 520 g/mol. The molecule has 0 saturated carbocycles. The zero-order chi connectivity index (χ0) is 30.5. The van der Waals surface area contributed by atoms with Crippen LogP contribution in [0.15, 0.2) is 73.5 Å². The van der Waals surface area contributed by atoms with Crippen molar-refractivity contribution in [3.8, 4) is 22.8 Å². The smallest absolute Gasteiger partial charge is 0.247 e. The second-order valence-corrected chi connectivity index (χ2v) is 9.59. The van der Waals surface area contributed by atoms with E-state index in [-0.39, 0.29) is 35.2 Å². The van der Waals surface area contributed by atoms with Crippen LogP contribution in [0.3, 0.4) is 0 Å². The van der Waals surface area contributed by atoms with Crippen LogP contribution >= 0.6 is 0 Å². The molecule has 11 nitrogen and oxygen atoms in total. The Hall–Kier alpha value is -4.74. The number of benzene rings is 2. The summed E-state index contributed by atoms with van der Waals surface area (Å²) in [5, 5.41) is 10.6.